The van der Waals surface area contributed by atoms with Crippen LogP contribution in [0.5, 0.6) is 5.75 Å². The van der Waals surface area contributed by atoms with Gasteiger partial charge in [-0.05, 0) is 55.8 Å². The lowest BCUT2D eigenvalue weighted by molar-refractivity contribution is 0.0697. The Labute approximate surface area is 145 Å². The number of amides is 1. The van der Waals surface area contributed by atoms with Crippen LogP contribution in [-0.4, -0.2) is 23.1 Å². The Bertz CT molecular complexity index is 743. The van der Waals surface area contributed by atoms with Crippen LogP contribution in [-0.2, 0) is 0 Å². The summed E-state index contributed by atoms with van der Waals surface area (Å²) in [5, 5.41) is 11.7. The molecule has 2 aromatic carbocycles. The van der Waals surface area contributed by atoms with Crippen LogP contribution in [0.2, 0.25) is 5.02 Å². The molecule has 126 valence electrons. The van der Waals surface area contributed by atoms with Gasteiger partial charge in [-0.3, -0.25) is 4.79 Å². The summed E-state index contributed by atoms with van der Waals surface area (Å²) < 4.78 is 5.66. The number of carbonyl (C=O) groups excluding carboxylic acids is 1. The van der Waals surface area contributed by atoms with Gasteiger partial charge in [0.05, 0.1) is 16.7 Å². The zero-order chi connectivity index (χ0) is 17.7. The van der Waals surface area contributed by atoms with Crippen molar-refractivity contribution in [3.8, 4) is 5.75 Å². The highest BCUT2D eigenvalue weighted by Crippen LogP contribution is 2.22. The van der Waals surface area contributed by atoms with Crippen LogP contribution in [0, 0.1) is 0 Å². The van der Waals surface area contributed by atoms with Gasteiger partial charge >= 0.3 is 5.97 Å². The maximum absolute atomic E-state index is 12.2. The number of rotatable bonds is 6. The second-order valence-corrected chi connectivity index (χ2v) is 5.72. The molecule has 0 unspecified atom stereocenters. The highest BCUT2D eigenvalue weighted by molar-refractivity contribution is 6.33. The zero-order valence-corrected chi connectivity index (χ0v) is 14.1. The first-order valence-corrected chi connectivity index (χ1v) is 7.89. The first-order valence-electron chi connectivity index (χ1n) is 7.51. The van der Waals surface area contributed by atoms with Gasteiger partial charge < -0.3 is 15.2 Å². The Morgan fingerprint density at radius 1 is 1.21 bits per heavy atom. The lowest BCUT2D eigenvalue weighted by Gasteiger charge is -2.13. The molecule has 1 amide bonds. The first kappa shape index (κ1) is 17.8. The van der Waals surface area contributed by atoms with Crippen LogP contribution in [0.15, 0.2) is 42.5 Å². The summed E-state index contributed by atoms with van der Waals surface area (Å²) in [7, 11) is 0. The standard InChI is InChI=1S/C18H18ClNO4/c1-3-11(2)24-14-7-4-12(5-8-14)17(21)20-13-6-9-15(18(22)23)16(19)10-13/h4-11H,3H2,1-2H3,(H,20,21)(H,22,23)/t11-/m1/s1. The largest absolute Gasteiger partial charge is 0.491 e. The Morgan fingerprint density at radius 2 is 1.88 bits per heavy atom. The van der Waals surface area contributed by atoms with Crippen molar-refractivity contribution >= 4 is 29.2 Å². The van der Waals surface area contributed by atoms with Gasteiger partial charge in [0.1, 0.15) is 5.75 Å². The fraction of sp³-hybridized carbons (Fsp3) is 0.222. The van der Waals surface area contributed by atoms with Gasteiger partial charge in [-0.25, -0.2) is 4.79 Å². The average Bonchev–Trinajstić information content (AvgIpc) is 2.55. The van der Waals surface area contributed by atoms with E-state index in [1.165, 1.54) is 18.2 Å². The molecule has 0 bridgehead atoms. The van der Waals surface area contributed by atoms with Crippen LogP contribution >= 0.6 is 11.6 Å². The van der Waals surface area contributed by atoms with E-state index in [0.717, 1.165) is 6.42 Å². The molecule has 0 fully saturated rings. The van der Waals surface area contributed by atoms with Crippen LogP contribution in [0.4, 0.5) is 5.69 Å². The number of nitrogens with one attached hydrogen (secondary N) is 1. The van der Waals surface area contributed by atoms with Gasteiger partial charge in [-0.2, -0.15) is 0 Å². The third-order valence-corrected chi connectivity index (χ3v) is 3.80. The van der Waals surface area contributed by atoms with Crippen LogP contribution in [0.3, 0.4) is 0 Å². The van der Waals surface area contributed by atoms with Crippen molar-refractivity contribution in [3.63, 3.8) is 0 Å². The average molecular weight is 348 g/mol. The SMILES string of the molecule is CC[C@@H](C)Oc1ccc(C(=O)Nc2ccc(C(=O)O)c(Cl)c2)cc1. The summed E-state index contributed by atoms with van der Waals surface area (Å²) in [5.41, 5.74) is 0.876. The molecule has 0 aliphatic rings. The molecular formula is C18H18ClNO4. The highest BCUT2D eigenvalue weighted by atomic mass is 35.5. The van der Waals surface area contributed by atoms with E-state index in [0.29, 0.717) is 17.0 Å². The van der Waals surface area contributed by atoms with E-state index in [4.69, 9.17) is 21.4 Å². The fourth-order valence-corrected chi connectivity index (χ4v) is 2.23. The van der Waals surface area contributed by atoms with Crippen LogP contribution in [0.1, 0.15) is 41.0 Å². The second kappa shape index (κ2) is 7.84. The number of carboxylic acid groups (broad SMARTS) is 1. The topological polar surface area (TPSA) is 75.6 Å². The third kappa shape index (κ3) is 4.49. The van der Waals surface area contributed by atoms with E-state index < -0.39 is 5.97 Å². The molecule has 0 aromatic heterocycles. The van der Waals surface area contributed by atoms with E-state index in [9.17, 15) is 9.59 Å². The number of benzene rings is 2. The van der Waals surface area contributed by atoms with Gasteiger partial charge in [-0.15, -0.1) is 0 Å². The van der Waals surface area contributed by atoms with Crippen molar-refractivity contribution in [1.82, 2.24) is 0 Å². The molecule has 0 saturated carbocycles. The Morgan fingerprint density at radius 3 is 2.42 bits per heavy atom. The number of anilines is 1. The van der Waals surface area contributed by atoms with E-state index >= 15 is 0 Å². The summed E-state index contributed by atoms with van der Waals surface area (Å²) in [5.74, 6) is -0.728. The molecule has 24 heavy (non-hydrogen) atoms. The van der Waals surface area contributed by atoms with E-state index in [2.05, 4.69) is 5.32 Å². The fourth-order valence-electron chi connectivity index (χ4n) is 1.97. The molecule has 1 atom stereocenters. The molecule has 2 aromatic rings. The molecular weight excluding hydrogens is 330 g/mol. The number of ether oxygens (including phenoxy) is 1. The summed E-state index contributed by atoms with van der Waals surface area (Å²) in [4.78, 5) is 23.1. The zero-order valence-electron chi connectivity index (χ0n) is 13.4. The number of carboxylic acids is 1. The number of aromatic carboxylic acids is 1. The number of carbonyl (C=O) groups is 2. The molecule has 0 saturated heterocycles. The molecule has 6 heteroatoms. The lowest BCUT2D eigenvalue weighted by Crippen LogP contribution is -2.13. The third-order valence-electron chi connectivity index (χ3n) is 3.49. The van der Waals surface area contributed by atoms with Crippen molar-refractivity contribution in [3.05, 3.63) is 58.6 Å². The van der Waals surface area contributed by atoms with Crippen molar-refractivity contribution in [1.29, 1.82) is 0 Å². The highest BCUT2D eigenvalue weighted by Gasteiger charge is 2.11. The second-order valence-electron chi connectivity index (χ2n) is 5.31. The number of halogens is 1. The van der Waals surface area contributed by atoms with Gasteiger partial charge in [0, 0.05) is 11.3 Å². The van der Waals surface area contributed by atoms with E-state index in [1.54, 1.807) is 24.3 Å². The van der Waals surface area contributed by atoms with Crippen LogP contribution in [0.25, 0.3) is 0 Å². The predicted octanol–water partition coefficient (Wildman–Crippen LogP) is 4.47. The molecule has 2 N–H and O–H groups in total. The molecule has 0 heterocycles. The first-order chi connectivity index (χ1) is 11.4. The number of hydrogen-bond acceptors (Lipinski definition) is 3. The molecule has 0 aliphatic carbocycles. The van der Waals surface area contributed by atoms with Gasteiger partial charge in [0.2, 0.25) is 0 Å². The maximum Gasteiger partial charge on any atom is 0.337 e. The van der Waals surface area contributed by atoms with Crippen molar-refractivity contribution < 1.29 is 19.4 Å². The van der Waals surface area contributed by atoms with Crippen molar-refractivity contribution in [2.45, 2.75) is 26.4 Å². The minimum absolute atomic E-state index is 0.0128. The summed E-state index contributed by atoms with van der Waals surface area (Å²) in [6.07, 6.45) is 1.01. The Kier molecular flexibility index (Phi) is 5.82. The van der Waals surface area contributed by atoms with Crippen molar-refractivity contribution in [2.75, 3.05) is 5.32 Å². The monoisotopic (exact) mass is 347 g/mol. The van der Waals surface area contributed by atoms with Crippen molar-refractivity contribution in [2.24, 2.45) is 0 Å². The molecule has 5 nitrogen and oxygen atoms in total. The predicted molar refractivity (Wildman–Crippen MR) is 93.2 cm³/mol. The Hall–Kier alpha value is -2.53. The minimum atomic E-state index is -1.12. The minimum Gasteiger partial charge on any atom is -0.491 e. The van der Waals surface area contributed by atoms with Gasteiger partial charge in [0.25, 0.3) is 5.91 Å². The number of hydrogen-bond donors (Lipinski definition) is 2. The van der Waals surface area contributed by atoms with Crippen LogP contribution < -0.4 is 10.1 Å². The normalized spacial score (nSPS) is 11.6. The molecule has 0 aliphatic heterocycles. The lowest BCUT2D eigenvalue weighted by atomic mass is 10.1. The molecule has 0 spiro atoms. The van der Waals surface area contributed by atoms with Gasteiger partial charge in [-0.1, -0.05) is 18.5 Å². The summed E-state index contributed by atoms with van der Waals surface area (Å²) in [6.45, 7) is 4.01. The smallest absolute Gasteiger partial charge is 0.337 e. The van der Waals surface area contributed by atoms with E-state index in [-0.39, 0.29) is 22.6 Å². The van der Waals surface area contributed by atoms with Gasteiger partial charge in [0.15, 0.2) is 0 Å². The maximum atomic E-state index is 12.2. The summed E-state index contributed by atoms with van der Waals surface area (Å²) in [6, 6.07) is 11.1. The summed E-state index contributed by atoms with van der Waals surface area (Å²) >= 11 is 5.89. The molecule has 0 radical (unpaired) electrons. The Balaban J connectivity index is 2.07. The van der Waals surface area contributed by atoms with E-state index in [1.807, 2.05) is 13.8 Å². The quantitative estimate of drug-likeness (QED) is 0.808. The molecule has 2 rings (SSSR count).